The highest BCUT2D eigenvalue weighted by atomic mass is 31.1. The molecule has 0 aliphatic heterocycles. The molecule has 0 aromatic carbocycles. The molecular weight excluding hydrogens is 471 g/mol. The summed E-state index contributed by atoms with van der Waals surface area (Å²) in [5.74, 6) is -0.553. The van der Waals surface area contributed by atoms with Gasteiger partial charge in [-0.05, 0) is 50.1 Å². The third kappa shape index (κ3) is 22.4. The van der Waals surface area contributed by atoms with Gasteiger partial charge in [0.25, 0.3) is 0 Å². The summed E-state index contributed by atoms with van der Waals surface area (Å²) in [6, 6.07) is 0. The van der Waals surface area contributed by atoms with Crippen molar-refractivity contribution in [3.63, 3.8) is 0 Å². The minimum Gasteiger partial charge on any atom is -0.481 e. The number of carboxylic acids is 1. The maximum Gasteiger partial charge on any atom is 0.310 e. The maximum atomic E-state index is 11.5. The Balaban J connectivity index is 3.82. The molecule has 0 spiro atoms. The van der Waals surface area contributed by atoms with Crippen LogP contribution in [0, 0.1) is 5.41 Å². The topological polar surface area (TPSA) is 37.3 Å². The number of rotatable bonds is 30. The van der Waals surface area contributed by atoms with Crippen LogP contribution < -0.4 is 0 Å². The van der Waals surface area contributed by atoms with E-state index >= 15 is 0 Å². The molecule has 0 radical (unpaired) electrons. The normalized spacial score (nSPS) is 13.1. The molecule has 0 bridgehead atoms. The Bertz CT molecular complexity index is 457. The molecule has 0 heterocycles. The molecule has 0 aliphatic carbocycles. The molecule has 0 aromatic heterocycles. The molecule has 0 fully saturated rings. The summed E-state index contributed by atoms with van der Waals surface area (Å²) in [6.45, 7) is 9.30. The molecule has 2 nitrogen and oxygen atoms in total. The first-order chi connectivity index (χ1) is 18.0. The Kier molecular flexibility index (Phi) is 27.4. The average Bonchev–Trinajstić information content (AvgIpc) is 2.90. The van der Waals surface area contributed by atoms with Crippen LogP contribution in [0.2, 0.25) is 0 Å². The summed E-state index contributed by atoms with van der Waals surface area (Å²) in [7, 11) is 0.622. The van der Waals surface area contributed by atoms with E-state index in [9.17, 15) is 9.90 Å². The lowest BCUT2D eigenvalue weighted by atomic mass is 9.71. The standard InChI is InChI=1S/C34H69O2P/c1-5-9-13-25-31-37-32(33(35)36)26-23-21-19-17-15-14-16-18-20-22-24-30-34(27-10-6-2,28-11-7-3)29-12-8-4/h32,37H,5-31H2,1-4H3,(H,35,36). The summed E-state index contributed by atoms with van der Waals surface area (Å²) >= 11 is 0. The molecule has 2 atom stereocenters. The van der Waals surface area contributed by atoms with Gasteiger partial charge in [0.2, 0.25) is 0 Å². The van der Waals surface area contributed by atoms with Crippen LogP contribution in [-0.2, 0) is 4.79 Å². The van der Waals surface area contributed by atoms with Crippen molar-refractivity contribution in [2.45, 2.75) is 200 Å². The first-order valence-corrected chi connectivity index (χ1v) is 18.3. The number of aliphatic carboxylic acids is 1. The van der Waals surface area contributed by atoms with Gasteiger partial charge in [0.05, 0.1) is 5.66 Å². The molecule has 222 valence electrons. The van der Waals surface area contributed by atoms with E-state index < -0.39 is 5.97 Å². The monoisotopic (exact) mass is 541 g/mol. The van der Waals surface area contributed by atoms with Crippen molar-refractivity contribution in [3.05, 3.63) is 0 Å². The van der Waals surface area contributed by atoms with Crippen LogP contribution >= 0.6 is 8.58 Å². The maximum absolute atomic E-state index is 11.5. The van der Waals surface area contributed by atoms with Crippen molar-refractivity contribution >= 4 is 14.6 Å². The van der Waals surface area contributed by atoms with Gasteiger partial charge >= 0.3 is 5.97 Å². The van der Waals surface area contributed by atoms with Crippen molar-refractivity contribution in [2.75, 3.05) is 6.16 Å². The van der Waals surface area contributed by atoms with Crippen LogP contribution in [-0.4, -0.2) is 22.9 Å². The Morgan fingerprint density at radius 1 is 0.541 bits per heavy atom. The SMILES string of the molecule is CCCCCCPC(CCCCCCCCCCCCCC(CCCC)(CCCC)CCCC)C(=O)O. The Morgan fingerprint density at radius 3 is 1.35 bits per heavy atom. The number of hydrogen-bond acceptors (Lipinski definition) is 1. The van der Waals surface area contributed by atoms with Crippen molar-refractivity contribution in [1.82, 2.24) is 0 Å². The van der Waals surface area contributed by atoms with Gasteiger partial charge in [0, 0.05) is 0 Å². The quantitative estimate of drug-likeness (QED) is 0.0726. The van der Waals surface area contributed by atoms with E-state index in [1.165, 1.54) is 154 Å². The summed E-state index contributed by atoms with van der Waals surface area (Å²) in [5.41, 5.74) is 0.582. The van der Waals surface area contributed by atoms with Crippen LogP contribution in [0.3, 0.4) is 0 Å². The van der Waals surface area contributed by atoms with Crippen molar-refractivity contribution in [1.29, 1.82) is 0 Å². The molecule has 0 saturated carbocycles. The highest BCUT2D eigenvalue weighted by molar-refractivity contribution is 7.40. The highest BCUT2D eigenvalue weighted by Gasteiger charge is 2.27. The van der Waals surface area contributed by atoms with Gasteiger partial charge in [-0.2, -0.15) is 0 Å². The van der Waals surface area contributed by atoms with Crippen LogP contribution in [0.25, 0.3) is 0 Å². The molecule has 37 heavy (non-hydrogen) atoms. The molecule has 0 aromatic rings. The number of carboxylic acid groups (broad SMARTS) is 1. The van der Waals surface area contributed by atoms with Gasteiger partial charge < -0.3 is 5.11 Å². The second kappa shape index (κ2) is 27.5. The average molecular weight is 541 g/mol. The molecule has 0 saturated heterocycles. The van der Waals surface area contributed by atoms with Gasteiger partial charge in [-0.15, -0.1) is 8.58 Å². The van der Waals surface area contributed by atoms with E-state index in [4.69, 9.17) is 0 Å². The van der Waals surface area contributed by atoms with Gasteiger partial charge in [0.15, 0.2) is 0 Å². The van der Waals surface area contributed by atoms with E-state index in [0.717, 1.165) is 19.0 Å². The van der Waals surface area contributed by atoms with Crippen LogP contribution in [0.15, 0.2) is 0 Å². The summed E-state index contributed by atoms with van der Waals surface area (Å²) < 4.78 is 0. The van der Waals surface area contributed by atoms with Crippen LogP contribution in [0.5, 0.6) is 0 Å². The second-order valence-electron chi connectivity index (χ2n) is 12.1. The minimum atomic E-state index is -0.553. The first-order valence-electron chi connectivity index (χ1n) is 17.0. The van der Waals surface area contributed by atoms with E-state index in [1.54, 1.807) is 0 Å². The number of carbonyl (C=O) groups is 1. The molecule has 1 N–H and O–H groups in total. The van der Waals surface area contributed by atoms with E-state index in [2.05, 4.69) is 27.7 Å². The highest BCUT2D eigenvalue weighted by Crippen LogP contribution is 2.41. The van der Waals surface area contributed by atoms with Gasteiger partial charge in [-0.25, -0.2) is 0 Å². The van der Waals surface area contributed by atoms with E-state index in [1.807, 2.05) is 0 Å². The molecule has 3 heteroatoms. The predicted molar refractivity (Wildman–Crippen MR) is 170 cm³/mol. The smallest absolute Gasteiger partial charge is 0.310 e. The lowest BCUT2D eigenvalue weighted by molar-refractivity contribution is -0.136. The van der Waals surface area contributed by atoms with Gasteiger partial charge in [-0.1, -0.05) is 156 Å². The molecule has 0 rings (SSSR count). The van der Waals surface area contributed by atoms with E-state index in [-0.39, 0.29) is 5.66 Å². The number of unbranched alkanes of at least 4 members (excludes halogenated alkanes) is 16. The zero-order chi connectivity index (χ0) is 27.5. The van der Waals surface area contributed by atoms with Crippen molar-refractivity contribution < 1.29 is 9.90 Å². The first kappa shape index (κ1) is 36.9. The predicted octanol–water partition coefficient (Wildman–Crippen LogP) is 12.3. The molecule has 2 unspecified atom stereocenters. The molecule has 0 amide bonds. The van der Waals surface area contributed by atoms with Crippen LogP contribution in [0.1, 0.15) is 195 Å². The number of hydrogen-bond donors (Lipinski definition) is 1. The third-order valence-electron chi connectivity index (χ3n) is 8.60. The summed E-state index contributed by atoms with van der Waals surface area (Å²) in [6.07, 6.45) is 36.2. The fourth-order valence-electron chi connectivity index (χ4n) is 5.99. The van der Waals surface area contributed by atoms with Crippen molar-refractivity contribution in [3.8, 4) is 0 Å². The Hall–Kier alpha value is -0.100. The zero-order valence-corrected chi connectivity index (χ0v) is 27.0. The zero-order valence-electron chi connectivity index (χ0n) is 26.0. The fraction of sp³-hybridized carbons (Fsp3) is 0.971. The fourth-order valence-corrected chi connectivity index (χ4v) is 7.37. The Labute approximate surface area is 236 Å². The Morgan fingerprint density at radius 2 is 0.919 bits per heavy atom. The van der Waals surface area contributed by atoms with E-state index in [0.29, 0.717) is 14.0 Å². The summed E-state index contributed by atoms with van der Waals surface area (Å²) in [5, 5.41) is 9.50. The molecular formula is C34H69O2P. The molecule has 0 aliphatic rings. The second-order valence-corrected chi connectivity index (χ2v) is 13.7. The minimum absolute atomic E-state index is 0.0725. The van der Waals surface area contributed by atoms with Gasteiger partial charge in [0.1, 0.15) is 0 Å². The lowest BCUT2D eigenvalue weighted by Crippen LogP contribution is -2.21. The third-order valence-corrected chi connectivity index (χ3v) is 10.3. The van der Waals surface area contributed by atoms with Crippen LogP contribution in [0.4, 0.5) is 0 Å². The lowest BCUT2D eigenvalue weighted by Gasteiger charge is -2.35. The largest absolute Gasteiger partial charge is 0.481 e. The van der Waals surface area contributed by atoms with Gasteiger partial charge in [-0.3, -0.25) is 4.79 Å². The summed E-state index contributed by atoms with van der Waals surface area (Å²) in [4.78, 5) is 11.5. The van der Waals surface area contributed by atoms with Crippen molar-refractivity contribution in [2.24, 2.45) is 5.41 Å².